The number of carbonyl (C=O) groups is 2. The minimum absolute atomic E-state index is 0.267. The molecule has 138 valence electrons. The first-order valence-corrected chi connectivity index (χ1v) is 7.79. The molecule has 2 rings (SSSR count). The third-order valence-electron chi connectivity index (χ3n) is 3.65. The van der Waals surface area contributed by atoms with Crippen LogP contribution in [-0.2, 0) is 23.2 Å². The molecule has 1 aromatic carbocycles. The van der Waals surface area contributed by atoms with Crippen LogP contribution in [0.5, 0.6) is 5.75 Å². The zero-order valence-electron chi connectivity index (χ0n) is 14.7. The van der Waals surface area contributed by atoms with Crippen molar-refractivity contribution in [3.05, 3.63) is 56.9 Å². The Hall–Kier alpha value is -3.36. The number of carbonyl (C=O) groups excluding carboxylic acids is 2. The van der Waals surface area contributed by atoms with Gasteiger partial charge in [-0.3, -0.25) is 23.5 Å². The Morgan fingerprint density at radius 3 is 2.58 bits per heavy atom. The Bertz CT molecular complexity index is 945. The van der Waals surface area contributed by atoms with Gasteiger partial charge in [0.05, 0.1) is 19.3 Å². The number of rotatable bonds is 6. The molecule has 9 heteroatoms. The number of ether oxygens (including phenoxy) is 1. The molecule has 2 aromatic rings. The van der Waals surface area contributed by atoms with Gasteiger partial charge in [0.1, 0.15) is 12.3 Å². The SMILES string of the molecule is COc1ccc(C)cc1NC(=O)CNC(=O)Cn1ccc(=O)n(C)c1=O. The molecule has 2 amide bonds. The highest BCUT2D eigenvalue weighted by Gasteiger charge is 2.11. The molecule has 0 saturated carbocycles. The highest BCUT2D eigenvalue weighted by molar-refractivity contribution is 5.95. The van der Waals surface area contributed by atoms with Gasteiger partial charge in [0.15, 0.2) is 0 Å². The largest absolute Gasteiger partial charge is 0.495 e. The van der Waals surface area contributed by atoms with Crippen LogP contribution in [0.2, 0.25) is 0 Å². The van der Waals surface area contributed by atoms with Gasteiger partial charge in [-0.2, -0.15) is 0 Å². The molecule has 0 aliphatic carbocycles. The van der Waals surface area contributed by atoms with Gasteiger partial charge >= 0.3 is 5.69 Å². The number of amides is 2. The average molecular weight is 360 g/mol. The minimum Gasteiger partial charge on any atom is -0.495 e. The number of nitrogens with zero attached hydrogens (tertiary/aromatic N) is 2. The number of anilines is 1. The summed E-state index contributed by atoms with van der Waals surface area (Å²) in [7, 11) is 2.81. The predicted octanol–water partition coefficient (Wildman–Crippen LogP) is -0.381. The highest BCUT2D eigenvalue weighted by Crippen LogP contribution is 2.24. The monoisotopic (exact) mass is 360 g/mol. The third kappa shape index (κ3) is 4.59. The summed E-state index contributed by atoms with van der Waals surface area (Å²) in [6.45, 7) is 1.31. The Balaban J connectivity index is 1.94. The standard InChI is InChI=1S/C17H20N4O5/c1-11-4-5-13(26-3)12(8-11)19-14(22)9-18-15(23)10-21-7-6-16(24)20(2)17(21)25/h4-8H,9-10H2,1-3H3,(H,18,23)(H,19,22). The van der Waals surface area contributed by atoms with Crippen molar-refractivity contribution in [1.29, 1.82) is 0 Å². The van der Waals surface area contributed by atoms with E-state index in [1.807, 2.05) is 13.0 Å². The summed E-state index contributed by atoms with van der Waals surface area (Å²) in [6.07, 6.45) is 1.24. The first-order valence-electron chi connectivity index (χ1n) is 7.79. The van der Waals surface area contributed by atoms with Gasteiger partial charge in [-0.1, -0.05) is 6.07 Å². The van der Waals surface area contributed by atoms with Crippen molar-refractivity contribution in [1.82, 2.24) is 14.5 Å². The third-order valence-corrected chi connectivity index (χ3v) is 3.65. The molecule has 0 bridgehead atoms. The van der Waals surface area contributed by atoms with E-state index < -0.39 is 23.1 Å². The van der Waals surface area contributed by atoms with Crippen LogP contribution in [-0.4, -0.2) is 34.6 Å². The maximum absolute atomic E-state index is 12.0. The smallest absolute Gasteiger partial charge is 0.331 e. The van der Waals surface area contributed by atoms with Gasteiger partial charge in [0.2, 0.25) is 11.8 Å². The van der Waals surface area contributed by atoms with Crippen LogP contribution in [0.3, 0.4) is 0 Å². The van der Waals surface area contributed by atoms with E-state index >= 15 is 0 Å². The minimum atomic E-state index is -0.610. The zero-order chi connectivity index (χ0) is 19.3. The molecule has 0 spiro atoms. The van der Waals surface area contributed by atoms with Gasteiger partial charge in [-0.25, -0.2) is 4.79 Å². The Kier molecular flexibility index (Phi) is 5.94. The summed E-state index contributed by atoms with van der Waals surface area (Å²) in [6, 6.07) is 6.52. The summed E-state index contributed by atoms with van der Waals surface area (Å²) in [5.74, 6) is -0.459. The molecule has 0 radical (unpaired) electrons. The number of benzene rings is 1. The summed E-state index contributed by atoms with van der Waals surface area (Å²) >= 11 is 0. The Labute approximate surface area is 149 Å². The zero-order valence-corrected chi connectivity index (χ0v) is 14.7. The Morgan fingerprint density at radius 2 is 1.88 bits per heavy atom. The molecule has 0 unspecified atom stereocenters. The molecule has 1 heterocycles. The van der Waals surface area contributed by atoms with Crippen LogP contribution in [0.1, 0.15) is 5.56 Å². The van der Waals surface area contributed by atoms with Crippen LogP contribution < -0.4 is 26.6 Å². The maximum Gasteiger partial charge on any atom is 0.331 e. The number of hydrogen-bond donors (Lipinski definition) is 2. The molecule has 26 heavy (non-hydrogen) atoms. The van der Waals surface area contributed by atoms with Crippen molar-refractivity contribution < 1.29 is 14.3 Å². The van der Waals surface area contributed by atoms with Crippen LogP contribution in [0.15, 0.2) is 40.1 Å². The topological polar surface area (TPSA) is 111 Å². The fraction of sp³-hybridized carbons (Fsp3) is 0.294. The molecular formula is C17H20N4O5. The van der Waals surface area contributed by atoms with Crippen molar-refractivity contribution in [2.24, 2.45) is 7.05 Å². The van der Waals surface area contributed by atoms with Crippen LogP contribution in [0.25, 0.3) is 0 Å². The van der Waals surface area contributed by atoms with E-state index in [1.54, 1.807) is 12.1 Å². The summed E-state index contributed by atoms with van der Waals surface area (Å²) in [5, 5.41) is 5.08. The van der Waals surface area contributed by atoms with E-state index in [9.17, 15) is 19.2 Å². The number of nitrogens with one attached hydrogen (secondary N) is 2. The van der Waals surface area contributed by atoms with E-state index in [1.165, 1.54) is 26.4 Å². The van der Waals surface area contributed by atoms with Gasteiger partial charge in [0, 0.05) is 19.3 Å². The fourth-order valence-electron chi connectivity index (χ4n) is 2.24. The summed E-state index contributed by atoms with van der Waals surface area (Å²) in [4.78, 5) is 47.1. The van der Waals surface area contributed by atoms with Gasteiger partial charge in [-0.15, -0.1) is 0 Å². The second-order valence-corrected chi connectivity index (χ2v) is 5.65. The molecule has 0 saturated heterocycles. The van der Waals surface area contributed by atoms with Crippen molar-refractivity contribution in [2.45, 2.75) is 13.5 Å². The van der Waals surface area contributed by atoms with E-state index in [0.717, 1.165) is 14.7 Å². The number of methoxy groups -OCH3 is 1. The number of aromatic nitrogens is 2. The van der Waals surface area contributed by atoms with E-state index in [4.69, 9.17) is 4.74 Å². The quantitative estimate of drug-likeness (QED) is 0.729. The van der Waals surface area contributed by atoms with E-state index in [-0.39, 0.29) is 13.1 Å². The molecule has 0 atom stereocenters. The van der Waals surface area contributed by atoms with Gasteiger partial charge in [0.25, 0.3) is 5.56 Å². The van der Waals surface area contributed by atoms with E-state index in [0.29, 0.717) is 11.4 Å². The molecule has 2 N–H and O–H groups in total. The lowest BCUT2D eigenvalue weighted by molar-refractivity contribution is -0.124. The first kappa shape index (κ1) is 19.0. The van der Waals surface area contributed by atoms with Gasteiger partial charge < -0.3 is 15.4 Å². The molecule has 0 fully saturated rings. The fourth-order valence-corrected chi connectivity index (χ4v) is 2.24. The number of aryl methyl sites for hydroxylation is 1. The van der Waals surface area contributed by atoms with E-state index in [2.05, 4.69) is 10.6 Å². The van der Waals surface area contributed by atoms with Crippen molar-refractivity contribution >= 4 is 17.5 Å². The molecule has 0 aliphatic heterocycles. The lowest BCUT2D eigenvalue weighted by Gasteiger charge is -2.12. The first-order chi connectivity index (χ1) is 12.3. The van der Waals surface area contributed by atoms with Crippen molar-refractivity contribution in [3.8, 4) is 5.75 Å². The number of hydrogen-bond acceptors (Lipinski definition) is 5. The lowest BCUT2D eigenvalue weighted by Crippen LogP contribution is -2.41. The predicted molar refractivity (Wildman–Crippen MR) is 95.3 cm³/mol. The molecule has 1 aromatic heterocycles. The lowest BCUT2D eigenvalue weighted by atomic mass is 10.2. The van der Waals surface area contributed by atoms with Crippen molar-refractivity contribution in [2.75, 3.05) is 19.0 Å². The second-order valence-electron chi connectivity index (χ2n) is 5.65. The second kappa shape index (κ2) is 8.15. The molecule has 9 nitrogen and oxygen atoms in total. The highest BCUT2D eigenvalue weighted by atomic mass is 16.5. The summed E-state index contributed by atoms with van der Waals surface area (Å²) in [5.41, 5.74) is 0.375. The molecular weight excluding hydrogens is 340 g/mol. The van der Waals surface area contributed by atoms with Gasteiger partial charge in [-0.05, 0) is 24.6 Å². The van der Waals surface area contributed by atoms with Crippen LogP contribution in [0.4, 0.5) is 5.69 Å². The van der Waals surface area contributed by atoms with Crippen LogP contribution in [0, 0.1) is 6.92 Å². The molecule has 0 aliphatic rings. The normalized spacial score (nSPS) is 10.3. The maximum atomic E-state index is 12.0. The average Bonchev–Trinajstić information content (AvgIpc) is 2.61. The van der Waals surface area contributed by atoms with Crippen molar-refractivity contribution in [3.63, 3.8) is 0 Å². The Morgan fingerprint density at radius 1 is 1.15 bits per heavy atom. The summed E-state index contributed by atoms with van der Waals surface area (Å²) < 4.78 is 7.15. The van der Waals surface area contributed by atoms with Crippen LogP contribution >= 0.6 is 0 Å².